The predicted molar refractivity (Wildman–Crippen MR) is 72.3 cm³/mol. The molecular formula is C13H15Cl2NO2. The standard InChI is InChI=1S/C13H15Cl2NO2/c1-8(9-5-6-9)16-12(17)7-18-13-10(14)3-2-4-11(13)15/h2-4,8-9H,5-7H2,1H3,(H,16,17). The summed E-state index contributed by atoms with van der Waals surface area (Å²) in [6, 6.07) is 5.29. The zero-order valence-corrected chi connectivity index (χ0v) is 11.6. The number of nitrogens with one attached hydrogen (secondary N) is 1. The van der Waals surface area contributed by atoms with E-state index in [1.165, 1.54) is 12.8 Å². The molecule has 1 atom stereocenters. The van der Waals surface area contributed by atoms with Crippen LogP contribution in [0.15, 0.2) is 18.2 Å². The van der Waals surface area contributed by atoms with Crippen molar-refractivity contribution in [2.45, 2.75) is 25.8 Å². The number of carbonyl (C=O) groups excluding carboxylic acids is 1. The molecule has 1 aromatic carbocycles. The molecule has 1 N–H and O–H groups in total. The maximum atomic E-state index is 11.7. The number of carbonyl (C=O) groups is 1. The van der Waals surface area contributed by atoms with Crippen LogP contribution in [0.3, 0.4) is 0 Å². The summed E-state index contributed by atoms with van der Waals surface area (Å²) in [5.74, 6) is 0.832. The van der Waals surface area contributed by atoms with Crippen molar-refractivity contribution in [1.82, 2.24) is 5.32 Å². The van der Waals surface area contributed by atoms with Gasteiger partial charge in [-0.25, -0.2) is 0 Å². The Kier molecular flexibility index (Phi) is 4.36. The van der Waals surface area contributed by atoms with Crippen LogP contribution in [0.25, 0.3) is 0 Å². The molecule has 3 nitrogen and oxygen atoms in total. The Morgan fingerprint density at radius 2 is 2.06 bits per heavy atom. The highest BCUT2D eigenvalue weighted by Gasteiger charge is 2.28. The molecule has 0 saturated heterocycles. The molecule has 1 aromatic rings. The van der Waals surface area contributed by atoms with Crippen LogP contribution in [0, 0.1) is 5.92 Å². The Hall–Kier alpha value is -0.930. The summed E-state index contributed by atoms with van der Waals surface area (Å²) in [5.41, 5.74) is 0. The maximum Gasteiger partial charge on any atom is 0.258 e. The van der Waals surface area contributed by atoms with Gasteiger partial charge in [0, 0.05) is 6.04 Å². The summed E-state index contributed by atoms with van der Waals surface area (Å²) in [6.45, 7) is 1.94. The fourth-order valence-corrected chi connectivity index (χ4v) is 2.27. The Labute approximate surface area is 116 Å². The van der Waals surface area contributed by atoms with Gasteiger partial charge in [0.1, 0.15) is 0 Å². The molecule has 0 aromatic heterocycles. The first kappa shape index (κ1) is 13.5. The molecule has 18 heavy (non-hydrogen) atoms. The lowest BCUT2D eigenvalue weighted by Gasteiger charge is -2.14. The van der Waals surface area contributed by atoms with Gasteiger partial charge in [-0.05, 0) is 37.8 Å². The van der Waals surface area contributed by atoms with Gasteiger partial charge in [-0.15, -0.1) is 0 Å². The van der Waals surface area contributed by atoms with Crippen LogP contribution in [0.1, 0.15) is 19.8 Å². The average Bonchev–Trinajstić information content (AvgIpc) is 3.12. The van der Waals surface area contributed by atoms with E-state index < -0.39 is 0 Å². The van der Waals surface area contributed by atoms with Crippen molar-refractivity contribution < 1.29 is 9.53 Å². The van der Waals surface area contributed by atoms with Crippen LogP contribution >= 0.6 is 23.2 Å². The molecule has 0 bridgehead atoms. The maximum absolute atomic E-state index is 11.7. The Bertz CT molecular complexity index is 426. The molecule has 5 heteroatoms. The van der Waals surface area contributed by atoms with Crippen LogP contribution in [-0.4, -0.2) is 18.6 Å². The summed E-state index contributed by atoms with van der Waals surface area (Å²) in [7, 11) is 0. The molecule has 1 unspecified atom stereocenters. The normalized spacial score (nSPS) is 16.2. The van der Waals surface area contributed by atoms with Crippen LogP contribution in [0.2, 0.25) is 10.0 Å². The third-order valence-corrected chi connectivity index (χ3v) is 3.58. The second-order valence-electron chi connectivity index (χ2n) is 4.53. The molecule has 0 heterocycles. The third kappa shape index (κ3) is 3.53. The lowest BCUT2D eigenvalue weighted by atomic mass is 10.2. The van der Waals surface area contributed by atoms with E-state index in [1.807, 2.05) is 6.92 Å². The molecule has 98 valence electrons. The molecule has 2 rings (SSSR count). The van der Waals surface area contributed by atoms with Gasteiger partial charge in [0.15, 0.2) is 12.4 Å². The third-order valence-electron chi connectivity index (χ3n) is 2.98. The molecule has 0 aliphatic heterocycles. The Balaban J connectivity index is 1.85. The topological polar surface area (TPSA) is 38.3 Å². The fraction of sp³-hybridized carbons (Fsp3) is 0.462. The van der Waals surface area contributed by atoms with E-state index in [2.05, 4.69) is 5.32 Å². The SMILES string of the molecule is CC(NC(=O)COc1c(Cl)cccc1Cl)C1CC1. The highest BCUT2D eigenvalue weighted by atomic mass is 35.5. The van der Waals surface area contributed by atoms with E-state index in [1.54, 1.807) is 18.2 Å². The second-order valence-corrected chi connectivity index (χ2v) is 5.35. The minimum absolute atomic E-state index is 0.0689. The average molecular weight is 288 g/mol. The van der Waals surface area contributed by atoms with Gasteiger partial charge in [-0.1, -0.05) is 29.3 Å². The van der Waals surface area contributed by atoms with E-state index >= 15 is 0 Å². The first-order valence-corrected chi connectivity index (χ1v) is 6.69. The van der Waals surface area contributed by atoms with Gasteiger partial charge >= 0.3 is 0 Å². The van der Waals surface area contributed by atoms with Gasteiger partial charge in [0.05, 0.1) is 10.0 Å². The van der Waals surface area contributed by atoms with Crippen molar-refractivity contribution in [3.8, 4) is 5.75 Å². The lowest BCUT2D eigenvalue weighted by molar-refractivity contribution is -0.123. The summed E-state index contributed by atoms with van der Waals surface area (Å²) < 4.78 is 5.35. The number of ether oxygens (including phenoxy) is 1. The van der Waals surface area contributed by atoms with Crippen molar-refractivity contribution in [3.63, 3.8) is 0 Å². The minimum atomic E-state index is -0.148. The summed E-state index contributed by atoms with van der Waals surface area (Å²) in [6.07, 6.45) is 2.39. The number of halogens is 2. The van der Waals surface area contributed by atoms with E-state index in [9.17, 15) is 4.79 Å². The van der Waals surface area contributed by atoms with Crippen LogP contribution < -0.4 is 10.1 Å². The Morgan fingerprint density at radius 1 is 1.44 bits per heavy atom. The zero-order chi connectivity index (χ0) is 13.1. The van der Waals surface area contributed by atoms with E-state index in [-0.39, 0.29) is 18.6 Å². The van der Waals surface area contributed by atoms with Gasteiger partial charge in [0.25, 0.3) is 5.91 Å². The number of amides is 1. The molecule has 1 aliphatic carbocycles. The fourth-order valence-electron chi connectivity index (χ4n) is 1.77. The second kappa shape index (κ2) is 5.81. The van der Waals surface area contributed by atoms with E-state index in [0.717, 1.165) is 0 Å². The van der Waals surface area contributed by atoms with Gasteiger partial charge in [0.2, 0.25) is 0 Å². The minimum Gasteiger partial charge on any atom is -0.481 e. The van der Waals surface area contributed by atoms with Gasteiger partial charge in [-0.2, -0.15) is 0 Å². The number of benzene rings is 1. The monoisotopic (exact) mass is 287 g/mol. The quantitative estimate of drug-likeness (QED) is 0.903. The van der Waals surface area contributed by atoms with Crippen molar-refractivity contribution in [2.75, 3.05) is 6.61 Å². The first-order chi connectivity index (χ1) is 8.58. The largest absolute Gasteiger partial charge is 0.481 e. The Morgan fingerprint density at radius 3 is 2.61 bits per heavy atom. The zero-order valence-electron chi connectivity index (χ0n) is 10.1. The first-order valence-electron chi connectivity index (χ1n) is 5.94. The molecule has 1 amide bonds. The molecule has 1 aliphatic rings. The van der Waals surface area contributed by atoms with Crippen molar-refractivity contribution in [2.24, 2.45) is 5.92 Å². The molecule has 1 fully saturated rings. The van der Waals surface area contributed by atoms with Crippen molar-refractivity contribution in [3.05, 3.63) is 28.2 Å². The number of rotatable bonds is 5. The highest BCUT2D eigenvalue weighted by molar-refractivity contribution is 6.37. The van der Waals surface area contributed by atoms with Gasteiger partial charge in [-0.3, -0.25) is 4.79 Å². The predicted octanol–water partition coefficient (Wildman–Crippen LogP) is 3.29. The van der Waals surface area contributed by atoms with Crippen LogP contribution in [-0.2, 0) is 4.79 Å². The lowest BCUT2D eigenvalue weighted by Crippen LogP contribution is -2.37. The number of hydrogen-bond donors (Lipinski definition) is 1. The summed E-state index contributed by atoms with van der Waals surface area (Å²) >= 11 is 11.9. The smallest absolute Gasteiger partial charge is 0.258 e. The van der Waals surface area contributed by atoms with Crippen LogP contribution in [0.4, 0.5) is 0 Å². The molecule has 0 spiro atoms. The summed E-state index contributed by atoms with van der Waals surface area (Å²) in [5, 5.41) is 3.72. The molecule has 0 radical (unpaired) electrons. The van der Waals surface area contributed by atoms with E-state index in [0.29, 0.717) is 21.7 Å². The molecule has 1 saturated carbocycles. The number of hydrogen-bond acceptors (Lipinski definition) is 2. The van der Waals surface area contributed by atoms with Crippen molar-refractivity contribution in [1.29, 1.82) is 0 Å². The van der Waals surface area contributed by atoms with Gasteiger partial charge < -0.3 is 10.1 Å². The summed E-state index contributed by atoms with van der Waals surface area (Å²) in [4.78, 5) is 11.7. The highest BCUT2D eigenvalue weighted by Crippen LogP contribution is 2.33. The molecular weight excluding hydrogens is 273 g/mol. The van der Waals surface area contributed by atoms with Crippen molar-refractivity contribution >= 4 is 29.1 Å². The number of para-hydroxylation sites is 1. The van der Waals surface area contributed by atoms with Crippen LogP contribution in [0.5, 0.6) is 5.75 Å². The van der Waals surface area contributed by atoms with E-state index in [4.69, 9.17) is 27.9 Å².